The number of hydrogen-bond acceptors (Lipinski definition) is 7. The highest BCUT2D eigenvalue weighted by Gasteiger charge is 2.25. The van der Waals surface area contributed by atoms with E-state index in [4.69, 9.17) is 16.0 Å². The second kappa shape index (κ2) is 9.16. The van der Waals surface area contributed by atoms with E-state index in [9.17, 15) is 24.8 Å². The molecule has 9 nitrogen and oxygen atoms in total. The Labute approximate surface area is 202 Å². The predicted octanol–water partition coefficient (Wildman–Crippen LogP) is 5.71. The lowest BCUT2D eigenvalue weighted by Gasteiger charge is -2.04. The van der Waals surface area contributed by atoms with Crippen LogP contribution in [0.15, 0.2) is 56.8 Å². The van der Waals surface area contributed by atoms with Gasteiger partial charge in [0.2, 0.25) is 0 Å². The van der Waals surface area contributed by atoms with Crippen LogP contribution in [0.5, 0.6) is 0 Å². The Bertz CT molecular complexity index is 1430. The maximum atomic E-state index is 12.4. The number of amides is 1. The summed E-state index contributed by atoms with van der Waals surface area (Å²) in [6.07, 6.45) is 1.50. The Morgan fingerprint density at radius 3 is 2.65 bits per heavy atom. The number of hydrogen-bond donors (Lipinski definition) is 2. The van der Waals surface area contributed by atoms with Crippen molar-refractivity contribution in [2.24, 2.45) is 4.99 Å². The van der Waals surface area contributed by atoms with Gasteiger partial charge in [0.25, 0.3) is 11.6 Å². The smallest absolute Gasteiger partial charge is 0.337 e. The third-order valence-corrected chi connectivity index (χ3v) is 6.28. The molecule has 1 aliphatic heterocycles. The molecule has 3 aromatic rings. The van der Waals surface area contributed by atoms with Crippen molar-refractivity contribution in [1.82, 2.24) is 5.32 Å². The number of carboxylic acids is 1. The van der Waals surface area contributed by atoms with E-state index < -0.39 is 16.8 Å². The van der Waals surface area contributed by atoms with Gasteiger partial charge < -0.3 is 14.8 Å². The number of aromatic carboxylic acids is 1. The third kappa shape index (κ3) is 4.73. The number of furan rings is 1. The van der Waals surface area contributed by atoms with Crippen molar-refractivity contribution in [2.75, 3.05) is 0 Å². The van der Waals surface area contributed by atoms with Crippen LogP contribution in [0.25, 0.3) is 17.4 Å². The first-order chi connectivity index (χ1) is 16.1. The van der Waals surface area contributed by atoms with Crippen molar-refractivity contribution in [1.29, 1.82) is 0 Å². The number of halogens is 1. The lowest BCUT2D eigenvalue weighted by molar-refractivity contribution is -0.384. The summed E-state index contributed by atoms with van der Waals surface area (Å²) in [5.41, 5.74) is 2.18. The SMILES string of the molecule is Cc1cc(-c2ccc(/C=C3/S/C(=N\c4ccc(Cl)c(C(=O)O)c4)NC3=O)o2)c([N+](=O)[O-])cc1C. The van der Waals surface area contributed by atoms with Crippen molar-refractivity contribution in [3.63, 3.8) is 0 Å². The molecule has 0 spiro atoms. The van der Waals surface area contributed by atoms with E-state index in [1.54, 1.807) is 25.1 Å². The molecule has 2 aromatic carbocycles. The highest BCUT2D eigenvalue weighted by molar-refractivity contribution is 8.18. The molecule has 2 heterocycles. The van der Waals surface area contributed by atoms with E-state index in [-0.39, 0.29) is 21.4 Å². The molecule has 1 amide bonds. The summed E-state index contributed by atoms with van der Waals surface area (Å²) < 4.78 is 5.78. The summed E-state index contributed by atoms with van der Waals surface area (Å²) in [4.78, 5) is 39.2. The zero-order valence-electron chi connectivity index (χ0n) is 17.8. The molecule has 11 heteroatoms. The molecule has 0 unspecified atom stereocenters. The summed E-state index contributed by atoms with van der Waals surface area (Å²) in [5, 5.41) is 23.6. The zero-order valence-corrected chi connectivity index (χ0v) is 19.4. The van der Waals surface area contributed by atoms with Crippen molar-refractivity contribution < 1.29 is 24.0 Å². The topological polar surface area (TPSA) is 135 Å². The first-order valence-corrected chi connectivity index (χ1v) is 11.0. The minimum Gasteiger partial charge on any atom is -0.478 e. The molecular weight excluding hydrogens is 482 g/mol. The zero-order chi connectivity index (χ0) is 24.6. The number of nitrogens with zero attached hydrogens (tertiary/aromatic N) is 2. The average Bonchev–Trinajstić information content (AvgIpc) is 3.37. The van der Waals surface area contributed by atoms with Gasteiger partial charge in [-0.2, -0.15) is 0 Å². The molecule has 4 rings (SSSR count). The first-order valence-electron chi connectivity index (χ1n) is 9.80. The van der Waals surface area contributed by atoms with Crippen LogP contribution in [0.4, 0.5) is 11.4 Å². The van der Waals surface area contributed by atoms with Gasteiger partial charge >= 0.3 is 5.97 Å². The van der Waals surface area contributed by atoms with Gasteiger partial charge in [-0.25, -0.2) is 9.79 Å². The highest BCUT2D eigenvalue weighted by atomic mass is 35.5. The number of nitro groups is 1. The maximum absolute atomic E-state index is 12.4. The molecule has 0 atom stereocenters. The molecule has 1 aliphatic rings. The number of thioether (sulfide) groups is 1. The van der Waals surface area contributed by atoms with E-state index in [0.29, 0.717) is 27.7 Å². The molecule has 0 radical (unpaired) electrons. The summed E-state index contributed by atoms with van der Waals surface area (Å²) in [5.74, 6) is -0.956. The monoisotopic (exact) mass is 497 g/mol. The Kier molecular flexibility index (Phi) is 6.27. The van der Waals surface area contributed by atoms with Crippen molar-refractivity contribution >= 4 is 57.9 Å². The summed E-state index contributed by atoms with van der Waals surface area (Å²) in [6, 6.07) is 10.7. The van der Waals surface area contributed by atoms with Crippen LogP contribution in [-0.2, 0) is 4.79 Å². The van der Waals surface area contributed by atoms with Crippen LogP contribution < -0.4 is 5.32 Å². The molecular formula is C23H16ClN3O6S. The molecule has 0 bridgehead atoms. The number of rotatable bonds is 5. The van der Waals surface area contributed by atoms with Crippen LogP contribution in [-0.4, -0.2) is 27.1 Å². The standard InChI is InChI=1S/C23H16ClN3O6S/c1-11-7-16(18(27(31)32)8-12(11)2)19-6-4-14(33-19)10-20-21(28)26-23(34-20)25-13-3-5-17(24)15(9-13)22(29)30/h3-10H,1-2H3,(H,29,30)(H,25,26,28)/b20-10+. The van der Waals surface area contributed by atoms with E-state index in [1.165, 1.54) is 30.3 Å². The third-order valence-electron chi connectivity index (χ3n) is 5.04. The summed E-state index contributed by atoms with van der Waals surface area (Å²) in [6.45, 7) is 3.65. The number of carboxylic acid groups (broad SMARTS) is 1. The Morgan fingerprint density at radius 2 is 1.94 bits per heavy atom. The van der Waals surface area contributed by atoms with E-state index in [1.807, 2.05) is 6.92 Å². The van der Waals surface area contributed by atoms with Gasteiger partial charge in [0.1, 0.15) is 11.5 Å². The Morgan fingerprint density at radius 1 is 1.21 bits per heavy atom. The molecule has 0 aliphatic carbocycles. The summed E-state index contributed by atoms with van der Waals surface area (Å²) in [7, 11) is 0. The average molecular weight is 498 g/mol. The number of carbonyl (C=O) groups is 2. The van der Waals surface area contributed by atoms with Crippen LogP contribution in [0, 0.1) is 24.0 Å². The second-order valence-corrected chi connectivity index (χ2v) is 8.80. The number of benzene rings is 2. The fraction of sp³-hybridized carbons (Fsp3) is 0.0870. The van der Waals surface area contributed by atoms with Gasteiger partial charge in [0.15, 0.2) is 5.17 Å². The van der Waals surface area contributed by atoms with E-state index in [2.05, 4.69) is 10.3 Å². The van der Waals surface area contributed by atoms with Gasteiger partial charge in [0, 0.05) is 12.1 Å². The quantitative estimate of drug-likeness (QED) is 0.261. The molecule has 34 heavy (non-hydrogen) atoms. The van der Waals surface area contributed by atoms with Crippen molar-refractivity contribution in [3.8, 4) is 11.3 Å². The molecule has 2 N–H and O–H groups in total. The summed E-state index contributed by atoms with van der Waals surface area (Å²) >= 11 is 6.92. The Hall–Kier alpha value is -3.89. The number of aryl methyl sites for hydroxylation is 2. The van der Waals surface area contributed by atoms with E-state index >= 15 is 0 Å². The minimum absolute atomic E-state index is 0.0669. The lowest BCUT2D eigenvalue weighted by atomic mass is 10.0. The van der Waals surface area contributed by atoms with Gasteiger partial charge in [-0.3, -0.25) is 14.9 Å². The van der Waals surface area contributed by atoms with Gasteiger partial charge in [0.05, 0.1) is 31.7 Å². The molecule has 172 valence electrons. The van der Waals surface area contributed by atoms with Crippen LogP contribution in [0.2, 0.25) is 5.02 Å². The first kappa shape index (κ1) is 23.3. The minimum atomic E-state index is -1.19. The normalized spacial score (nSPS) is 15.7. The number of carbonyl (C=O) groups excluding carboxylic acids is 1. The van der Waals surface area contributed by atoms with Crippen molar-refractivity contribution in [2.45, 2.75) is 13.8 Å². The van der Waals surface area contributed by atoms with Crippen LogP contribution in [0.3, 0.4) is 0 Å². The molecule has 1 saturated heterocycles. The highest BCUT2D eigenvalue weighted by Crippen LogP contribution is 2.35. The molecule has 0 saturated carbocycles. The predicted molar refractivity (Wildman–Crippen MR) is 129 cm³/mol. The second-order valence-electron chi connectivity index (χ2n) is 7.36. The van der Waals surface area contributed by atoms with E-state index in [0.717, 1.165) is 22.9 Å². The largest absolute Gasteiger partial charge is 0.478 e. The number of aliphatic imine (C=N–C) groups is 1. The molecule has 1 fully saturated rings. The maximum Gasteiger partial charge on any atom is 0.337 e. The van der Waals surface area contributed by atoms with Gasteiger partial charge in [-0.05, 0) is 73.1 Å². The molecule has 1 aromatic heterocycles. The number of amidine groups is 1. The van der Waals surface area contributed by atoms with Crippen LogP contribution in [0.1, 0.15) is 27.2 Å². The van der Waals surface area contributed by atoms with Gasteiger partial charge in [-0.1, -0.05) is 11.6 Å². The fourth-order valence-corrected chi connectivity index (χ4v) is 4.22. The fourth-order valence-electron chi connectivity index (χ4n) is 3.20. The van der Waals surface area contributed by atoms with Crippen molar-refractivity contribution in [3.05, 3.63) is 85.0 Å². The lowest BCUT2D eigenvalue weighted by Crippen LogP contribution is -2.19. The number of nitro benzene ring substituents is 1. The van der Waals surface area contributed by atoms with Crippen LogP contribution >= 0.6 is 23.4 Å². The Balaban J connectivity index is 1.60. The van der Waals surface area contributed by atoms with Gasteiger partial charge in [-0.15, -0.1) is 0 Å². The number of nitrogens with one attached hydrogen (secondary N) is 1.